The zero-order valence-corrected chi connectivity index (χ0v) is 16.3. The van der Waals surface area contributed by atoms with Gasteiger partial charge in [0.2, 0.25) is 5.95 Å². The van der Waals surface area contributed by atoms with Crippen LogP contribution in [0.4, 0.5) is 30.8 Å². The quantitative estimate of drug-likeness (QED) is 0.758. The Morgan fingerprint density at radius 1 is 1.07 bits per heavy atom. The van der Waals surface area contributed by atoms with Crippen molar-refractivity contribution in [2.75, 3.05) is 62.0 Å². The molecule has 8 nitrogen and oxygen atoms in total. The van der Waals surface area contributed by atoms with Gasteiger partial charge in [-0.05, 0) is 18.9 Å². The molecule has 2 aliphatic rings. The molecule has 1 saturated heterocycles. The Balaban J connectivity index is 1.90. The van der Waals surface area contributed by atoms with Gasteiger partial charge in [0.05, 0.1) is 31.1 Å². The highest BCUT2D eigenvalue weighted by Crippen LogP contribution is 2.40. The summed E-state index contributed by atoms with van der Waals surface area (Å²) >= 11 is 0. The number of rotatable bonds is 2. The smallest absolute Gasteiger partial charge is 0.384 e. The molecule has 4 rings (SSSR count). The molecule has 162 valence electrons. The highest BCUT2D eigenvalue weighted by molar-refractivity contribution is 5.74. The molecule has 2 aliphatic heterocycles. The molecule has 2 aromatic heterocycles. The summed E-state index contributed by atoms with van der Waals surface area (Å²) in [6.45, 7) is 3.64. The van der Waals surface area contributed by atoms with Crippen molar-refractivity contribution in [2.24, 2.45) is 0 Å². The molecule has 0 amide bonds. The van der Waals surface area contributed by atoms with E-state index in [0.29, 0.717) is 76.2 Å². The van der Waals surface area contributed by atoms with Gasteiger partial charge in [0.25, 0.3) is 0 Å². The van der Waals surface area contributed by atoms with Crippen molar-refractivity contribution in [3.63, 3.8) is 0 Å². The average Bonchev–Trinajstić information content (AvgIpc) is 2.85. The number of ether oxygens (including phenoxy) is 2. The monoisotopic (exact) mass is 424 g/mol. The van der Waals surface area contributed by atoms with Crippen molar-refractivity contribution in [3.8, 4) is 11.3 Å². The Labute approximate surface area is 171 Å². The number of anilines is 3. The van der Waals surface area contributed by atoms with Crippen molar-refractivity contribution in [3.05, 3.63) is 23.4 Å². The lowest BCUT2D eigenvalue weighted by Gasteiger charge is -2.28. The second kappa shape index (κ2) is 8.60. The second-order valence-electron chi connectivity index (χ2n) is 7.09. The molecular formula is C19H23F3N6O2. The maximum atomic E-state index is 13.8. The summed E-state index contributed by atoms with van der Waals surface area (Å²) < 4.78 is 52.4. The number of nitrogen functional groups attached to an aromatic ring is 1. The number of aromatic nitrogens is 3. The fourth-order valence-corrected chi connectivity index (χ4v) is 3.57. The number of pyridine rings is 1. The standard InChI is InChI=1S/C19H23F3N6O2/c20-19(21,22)14-10-15(23)25-11-13(14)16-12-2-1-6-29-7-3-24-17(12)27-18(26-16)28-4-8-30-9-5-28/h10-11H,1-9H2,(H2,23,25)(H,24,26,27). The summed E-state index contributed by atoms with van der Waals surface area (Å²) in [6.07, 6.45) is -2.33. The Morgan fingerprint density at radius 3 is 2.60 bits per heavy atom. The number of hydrogen-bond acceptors (Lipinski definition) is 8. The zero-order valence-electron chi connectivity index (χ0n) is 16.3. The molecule has 0 bridgehead atoms. The molecule has 0 aromatic carbocycles. The van der Waals surface area contributed by atoms with Gasteiger partial charge in [-0.25, -0.2) is 9.97 Å². The van der Waals surface area contributed by atoms with Crippen LogP contribution in [0.25, 0.3) is 11.3 Å². The summed E-state index contributed by atoms with van der Waals surface area (Å²) in [5.74, 6) is 0.696. The number of nitrogens with one attached hydrogen (secondary N) is 1. The SMILES string of the molecule is Nc1cc(C(F)(F)F)c(-c2nc(N3CCOCC3)nc3c2CCCOCCN3)cn1. The second-order valence-corrected chi connectivity index (χ2v) is 7.09. The average molecular weight is 424 g/mol. The number of morpholine rings is 1. The Kier molecular flexibility index (Phi) is 5.91. The number of fused-ring (bicyclic) bond motifs is 1. The van der Waals surface area contributed by atoms with E-state index < -0.39 is 11.7 Å². The fourth-order valence-electron chi connectivity index (χ4n) is 3.57. The first kappa shape index (κ1) is 20.6. The molecule has 0 atom stereocenters. The van der Waals surface area contributed by atoms with Gasteiger partial charge in [0.1, 0.15) is 11.6 Å². The highest BCUT2D eigenvalue weighted by Gasteiger charge is 2.36. The first-order valence-electron chi connectivity index (χ1n) is 9.82. The lowest BCUT2D eigenvalue weighted by Crippen LogP contribution is -2.37. The predicted molar refractivity (Wildman–Crippen MR) is 105 cm³/mol. The minimum absolute atomic E-state index is 0.105. The van der Waals surface area contributed by atoms with Crippen molar-refractivity contribution in [1.29, 1.82) is 0 Å². The molecule has 0 unspecified atom stereocenters. The van der Waals surface area contributed by atoms with E-state index in [0.717, 1.165) is 12.3 Å². The first-order valence-corrected chi connectivity index (χ1v) is 9.82. The normalized spacial score (nSPS) is 18.0. The molecule has 0 aliphatic carbocycles. The topological polar surface area (TPSA) is 98.4 Å². The third-order valence-corrected chi connectivity index (χ3v) is 5.03. The van der Waals surface area contributed by atoms with Crippen LogP contribution < -0.4 is 16.0 Å². The van der Waals surface area contributed by atoms with E-state index in [-0.39, 0.29) is 17.1 Å². The maximum absolute atomic E-state index is 13.8. The summed E-state index contributed by atoms with van der Waals surface area (Å²) in [6, 6.07) is 0.851. The van der Waals surface area contributed by atoms with E-state index in [9.17, 15) is 13.2 Å². The first-order chi connectivity index (χ1) is 14.4. The molecule has 11 heteroatoms. The van der Waals surface area contributed by atoms with E-state index in [1.54, 1.807) is 0 Å². The molecular weight excluding hydrogens is 401 g/mol. The Bertz CT molecular complexity index is 903. The van der Waals surface area contributed by atoms with Crippen LogP contribution in [-0.4, -0.2) is 61.0 Å². The molecule has 0 saturated carbocycles. The van der Waals surface area contributed by atoms with Crippen LogP contribution in [-0.2, 0) is 22.1 Å². The van der Waals surface area contributed by atoms with E-state index in [4.69, 9.17) is 15.2 Å². The van der Waals surface area contributed by atoms with Crippen molar-refractivity contribution in [2.45, 2.75) is 19.0 Å². The summed E-state index contributed by atoms with van der Waals surface area (Å²) in [5.41, 5.74) is 5.43. The van der Waals surface area contributed by atoms with Gasteiger partial charge in [-0.3, -0.25) is 0 Å². The summed E-state index contributed by atoms with van der Waals surface area (Å²) in [5, 5.41) is 3.20. The minimum atomic E-state index is -4.60. The van der Waals surface area contributed by atoms with Crippen LogP contribution in [0.3, 0.4) is 0 Å². The Hall–Kier alpha value is -2.66. The van der Waals surface area contributed by atoms with E-state index in [1.165, 1.54) is 0 Å². The van der Waals surface area contributed by atoms with Crippen molar-refractivity contribution < 1.29 is 22.6 Å². The van der Waals surface area contributed by atoms with E-state index in [2.05, 4.69) is 20.3 Å². The lowest BCUT2D eigenvalue weighted by atomic mass is 9.99. The van der Waals surface area contributed by atoms with Crippen LogP contribution in [0, 0.1) is 0 Å². The molecule has 0 spiro atoms. The highest BCUT2D eigenvalue weighted by atomic mass is 19.4. The van der Waals surface area contributed by atoms with Gasteiger partial charge in [-0.2, -0.15) is 18.2 Å². The van der Waals surface area contributed by atoms with Gasteiger partial charge < -0.3 is 25.4 Å². The predicted octanol–water partition coefficient (Wildman–Crippen LogP) is 2.35. The summed E-state index contributed by atoms with van der Waals surface area (Å²) in [4.78, 5) is 15.1. The third kappa shape index (κ3) is 4.41. The van der Waals surface area contributed by atoms with Gasteiger partial charge in [-0.15, -0.1) is 0 Å². The van der Waals surface area contributed by atoms with Gasteiger partial charge >= 0.3 is 6.18 Å². The van der Waals surface area contributed by atoms with E-state index in [1.807, 2.05) is 4.90 Å². The van der Waals surface area contributed by atoms with Crippen LogP contribution >= 0.6 is 0 Å². The molecule has 4 heterocycles. The fraction of sp³-hybridized carbons (Fsp3) is 0.526. The van der Waals surface area contributed by atoms with Crippen molar-refractivity contribution >= 4 is 17.6 Å². The number of nitrogens with zero attached hydrogens (tertiary/aromatic N) is 4. The van der Waals surface area contributed by atoms with Gasteiger partial charge in [-0.1, -0.05) is 0 Å². The molecule has 30 heavy (non-hydrogen) atoms. The lowest BCUT2D eigenvalue weighted by molar-refractivity contribution is -0.137. The van der Waals surface area contributed by atoms with Crippen LogP contribution in [0.2, 0.25) is 0 Å². The Morgan fingerprint density at radius 2 is 1.83 bits per heavy atom. The molecule has 2 aromatic rings. The summed E-state index contributed by atoms with van der Waals surface area (Å²) in [7, 11) is 0. The van der Waals surface area contributed by atoms with Gasteiger partial charge in [0.15, 0.2) is 0 Å². The van der Waals surface area contributed by atoms with Gasteiger partial charge in [0, 0.05) is 43.6 Å². The van der Waals surface area contributed by atoms with Crippen molar-refractivity contribution in [1.82, 2.24) is 15.0 Å². The van der Waals surface area contributed by atoms with E-state index >= 15 is 0 Å². The molecule has 3 N–H and O–H groups in total. The van der Waals surface area contributed by atoms with Crippen LogP contribution in [0.15, 0.2) is 12.3 Å². The minimum Gasteiger partial charge on any atom is -0.384 e. The molecule has 0 radical (unpaired) electrons. The van der Waals surface area contributed by atoms with Crippen LogP contribution in [0.1, 0.15) is 17.5 Å². The zero-order chi connectivity index (χ0) is 21.1. The number of halogens is 3. The third-order valence-electron chi connectivity index (χ3n) is 5.03. The largest absolute Gasteiger partial charge is 0.417 e. The number of hydrogen-bond donors (Lipinski definition) is 2. The van der Waals surface area contributed by atoms with Crippen LogP contribution in [0.5, 0.6) is 0 Å². The number of nitrogens with two attached hydrogens (primary N) is 1. The maximum Gasteiger partial charge on any atom is 0.417 e. The number of alkyl halides is 3. The molecule has 1 fully saturated rings.